The average Bonchev–Trinajstić information content (AvgIpc) is 2.66. The third-order valence-electron chi connectivity index (χ3n) is 2.32. The highest BCUT2D eigenvalue weighted by atomic mass is 35.5. The second-order valence-corrected chi connectivity index (χ2v) is 3.63. The molecule has 0 saturated carbocycles. The third kappa shape index (κ3) is 1.08. The lowest BCUT2D eigenvalue weighted by atomic mass is 10.3. The van der Waals surface area contributed by atoms with Gasteiger partial charge in [-0.2, -0.15) is 5.10 Å². The molecule has 2 heterocycles. The Kier molecular flexibility index (Phi) is 1.61. The van der Waals surface area contributed by atoms with Crippen LogP contribution >= 0.6 is 11.6 Å². The standard InChI is InChI=1S/C10H6ClN3O/c11-6-2-1-3-7-9(6)14-8(4-5-12-14)10(15)13-7/h1-5H,(H,13,15). The Morgan fingerprint density at radius 2 is 2.20 bits per heavy atom. The van der Waals surface area contributed by atoms with Crippen molar-refractivity contribution in [1.29, 1.82) is 0 Å². The van der Waals surface area contributed by atoms with E-state index in [0.29, 0.717) is 16.1 Å². The molecule has 0 unspecified atom stereocenters. The van der Waals surface area contributed by atoms with Crippen LogP contribution in [-0.2, 0) is 0 Å². The maximum absolute atomic E-state index is 11.6. The van der Waals surface area contributed by atoms with E-state index in [1.807, 2.05) is 0 Å². The number of fused-ring (bicyclic) bond motifs is 3. The Labute approximate surface area is 89.1 Å². The molecule has 74 valence electrons. The van der Waals surface area contributed by atoms with Gasteiger partial charge < -0.3 is 4.98 Å². The molecule has 1 aromatic carbocycles. The Morgan fingerprint density at radius 1 is 1.33 bits per heavy atom. The number of rotatable bonds is 0. The molecule has 0 atom stereocenters. The molecule has 15 heavy (non-hydrogen) atoms. The number of hydrogen-bond donors (Lipinski definition) is 1. The first-order valence-corrected chi connectivity index (χ1v) is 4.79. The van der Waals surface area contributed by atoms with E-state index in [2.05, 4.69) is 10.1 Å². The number of halogens is 1. The number of hydrogen-bond acceptors (Lipinski definition) is 2. The normalized spacial score (nSPS) is 11.3. The average molecular weight is 220 g/mol. The molecular formula is C10H6ClN3O. The highest BCUT2D eigenvalue weighted by Gasteiger charge is 2.07. The van der Waals surface area contributed by atoms with E-state index in [1.165, 1.54) is 0 Å². The second kappa shape index (κ2) is 2.84. The summed E-state index contributed by atoms with van der Waals surface area (Å²) in [7, 11) is 0. The first-order valence-electron chi connectivity index (χ1n) is 4.41. The van der Waals surface area contributed by atoms with Crippen molar-refractivity contribution in [2.24, 2.45) is 0 Å². The molecule has 0 radical (unpaired) electrons. The first kappa shape index (κ1) is 8.49. The van der Waals surface area contributed by atoms with Crippen LogP contribution in [0.25, 0.3) is 16.6 Å². The minimum atomic E-state index is -0.165. The molecule has 0 aliphatic carbocycles. The fraction of sp³-hybridized carbons (Fsp3) is 0. The van der Waals surface area contributed by atoms with Gasteiger partial charge in [0.05, 0.1) is 16.7 Å². The monoisotopic (exact) mass is 219 g/mol. The van der Waals surface area contributed by atoms with Crippen LogP contribution in [0.1, 0.15) is 0 Å². The van der Waals surface area contributed by atoms with E-state index in [0.717, 1.165) is 5.52 Å². The smallest absolute Gasteiger partial charge is 0.274 e. The van der Waals surface area contributed by atoms with Crippen molar-refractivity contribution < 1.29 is 0 Å². The van der Waals surface area contributed by atoms with Crippen molar-refractivity contribution in [1.82, 2.24) is 14.6 Å². The predicted molar refractivity (Wildman–Crippen MR) is 58.3 cm³/mol. The van der Waals surface area contributed by atoms with Gasteiger partial charge in [-0.1, -0.05) is 17.7 Å². The van der Waals surface area contributed by atoms with E-state index in [1.54, 1.807) is 35.0 Å². The molecular weight excluding hydrogens is 214 g/mol. The van der Waals surface area contributed by atoms with E-state index in [-0.39, 0.29) is 5.56 Å². The summed E-state index contributed by atoms with van der Waals surface area (Å²) < 4.78 is 1.55. The van der Waals surface area contributed by atoms with Gasteiger partial charge >= 0.3 is 0 Å². The third-order valence-corrected chi connectivity index (χ3v) is 2.63. The molecule has 5 heteroatoms. The van der Waals surface area contributed by atoms with Gasteiger partial charge in [0, 0.05) is 0 Å². The van der Waals surface area contributed by atoms with Gasteiger partial charge in [-0.25, -0.2) is 4.52 Å². The van der Waals surface area contributed by atoms with Gasteiger partial charge in [0.15, 0.2) is 0 Å². The number of nitrogens with one attached hydrogen (secondary N) is 1. The lowest BCUT2D eigenvalue weighted by molar-refractivity contribution is 0.987. The van der Waals surface area contributed by atoms with Gasteiger partial charge in [0.25, 0.3) is 5.56 Å². The van der Waals surface area contributed by atoms with Gasteiger partial charge in [0.2, 0.25) is 0 Å². The molecule has 0 aliphatic heterocycles. The van der Waals surface area contributed by atoms with Crippen LogP contribution in [0.2, 0.25) is 5.02 Å². The maximum atomic E-state index is 11.6. The lowest BCUT2D eigenvalue weighted by Crippen LogP contribution is -2.10. The van der Waals surface area contributed by atoms with Crippen LogP contribution in [0.15, 0.2) is 35.3 Å². The van der Waals surface area contributed by atoms with Gasteiger partial charge in [-0.05, 0) is 18.2 Å². The van der Waals surface area contributed by atoms with Crippen LogP contribution in [0, 0.1) is 0 Å². The second-order valence-electron chi connectivity index (χ2n) is 3.22. The largest absolute Gasteiger partial charge is 0.319 e. The fourth-order valence-electron chi connectivity index (χ4n) is 1.67. The van der Waals surface area contributed by atoms with Gasteiger partial charge in [-0.15, -0.1) is 0 Å². The van der Waals surface area contributed by atoms with Crippen molar-refractivity contribution >= 4 is 28.2 Å². The van der Waals surface area contributed by atoms with Crippen LogP contribution in [0.4, 0.5) is 0 Å². The zero-order valence-electron chi connectivity index (χ0n) is 7.57. The van der Waals surface area contributed by atoms with E-state index in [9.17, 15) is 4.79 Å². The minimum absolute atomic E-state index is 0.165. The summed E-state index contributed by atoms with van der Waals surface area (Å²) in [5, 5.41) is 4.65. The molecule has 2 aromatic heterocycles. The molecule has 0 saturated heterocycles. The van der Waals surface area contributed by atoms with Gasteiger partial charge in [-0.3, -0.25) is 4.79 Å². The zero-order chi connectivity index (χ0) is 10.4. The Bertz CT molecular complexity index is 713. The minimum Gasteiger partial charge on any atom is -0.319 e. The summed E-state index contributed by atoms with van der Waals surface area (Å²) in [5.74, 6) is 0. The number of aromatic nitrogens is 3. The summed E-state index contributed by atoms with van der Waals surface area (Å²) in [6.45, 7) is 0. The van der Waals surface area contributed by atoms with Crippen molar-refractivity contribution in [3.05, 3.63) is 45.8 Å². The Morgan fingerprint density at radius 3 is 3.07 bits per heavy atom. The van der Waals surface area contributed by atoms with E-state index in [4.69, 9.17) is 11.6 Å². The number of benzene rings is 1. The highest BCUT2D eigenvalue weighted by molar-refractivity contribution is 6.34. The summed E-state index contributed by atoms with van der Waals surface area (Å²) in [6.07, 6.45) is 1.58. The van der Waals surface area contributed by atoms with Crippen LogP contribution < -0.4 is 5.56 Å². The van der Waals surface area contributed by atoms with E-state index < -0.39 is 0 Å². The Hall–Kier alpha value is -1.81. The lowest BCUT2D eigenvalue weighted by Gasteiger charge is -2.02. The van der Waals surface area contributed by atoms with Crippen LogP contribution in [-0.4, -0.2) is 14.6 Å². The molecule has 0 bridgehead atoms. The predicted octanol–water partition coefficient (Wildman–Crippen LogP) is 1.83. The molecule has 3 aromatic rings. The molecule has 0 fully saturated rings. The summed E-state index contributed by atoms with van der Waals surface area (Å²) in [5.41, 5.74) is 1.74. The van der Waals surface area contributed by atoms with Crippen LogP contribution in [0.5, 0.6) is 0 Å². The SMILES string of the molecule is O=c1[nH]c2cccc(Cl)c2n2nccc12. The quantitative estimate of drug-likeness (QED) is 0.627. The molecule has 0 amide bonds. The summed E-state index contributed by atoms with van der Waals surface area (Å²) in [4.78, 5) is 14.4. The number of H-pyrrole nitrogens is 1. The maximum Gasteiger partial charge on any atom is 0.274 e. The number of nitrogens with zero attached hydrogens (tertiary/aromatic N) is 2. The van der Waals surface area contributed by atoms with Crippen molar-refractivity contribution in [3.8, 4) is 0 Å². The molecule has 0 spiro atoms. The Balaban J connectivity index is 2.74. The van der Waals surface area contributed by atoms with Crippen molar-refractivity contribution in [2.45, 2.75) is 0 Å². The fourth-order valence-corrected chi connectivity index (χ4v) is 1.93. The first-order chi connectivity index (χ1) is 7.27. The van der Waals surface area contributed by atoms with E-state index >= 15 is 0 Å². The summed E-state index contributed by atoms with van der Waals surface area (Å²) >= 11 is 6.06. The molecule has 0 aliphatic rings. The topological polar surface area (TPSA) is 50.2 Å². The highest BCUT2D eigenvalue weighted by Crippen LogP contribution is 2.20. The van der Waals surface area contributed by atoms with Crippen molar-refractivity contribution in [2.75, 3.05) is 0 Å². The number of para-hydroxylation sites is 1. The van der Waals surface area contributed by atoms with Crippen LogP contribution in [0.3, 0.4) is 0 Å². The zero-order valence-corrected chi connectivity index (χ0v) is 8.32. The van der Waals surface area contributed by atoms with Crippen molar-refractivity contribution in [3.63, 3.8) is 0 Å². The molecule has 4 nitrogen and oxygen atoms in total. The summed E-state index contributed by atoms with van der Waals surface area (Å²) in [6, 6.07) is 7.00. The molecule has 3 rings (SSSR count). The number of aromatic amines is 1. The molecule has 1 N–H and O–H groups in total. The van der Waals surface area contributed by atoms with Gasteiger partial charge in [0.1, 0.15) is 11.0 Å².